The Morgan fingerprint density at radius 1 is 1.02 bits per heavy atom. The van der Waals surface area contributed by atoms with Gasteiger partial charge in [-0.3, -0.25) is 14.3 Å². The molecular weight excluding hydrogens is 525 g/mol. The molecule has 212 valence electrons. The van der Waals surface area contributed by atoms with Gasteiger partial charge in [0.15, 0.2) is 5.76 Å². The van der Waals surface area contributed by atoms with Crippen LogP contribution in [0.1, 0.15) is 40.3 Å². The average Bonchev–Trinajstić information content (AvgIpc) is 3.23. The molecule has 4 aromatic rings. The molecule has 0 fully saturated rings. The SMILES string of the molecule is Cc1c([C@H]2C=C(C(=O)NCc3ccc(F)cc3)O[C@@H](OCc3ccc(CO)cc3)C2)c(=O)n(-c2ccccc2)n1C. The molecule has 9 heteroatoms. The maximum atomic E-state index is 13.8. The molecule has 2 N–H and O–H groups in total. The Morgan fingerprint density at radius 2 is 1.68 bits per heavy atom. The van der Waals surface area contributed by atoms with Gasteiger partial charge in [-0.05, 0) is 54.0 Å². The van der Waals surface area contributed by atoms with E-state index in [-0.39, 0.29) is 36.9 Å². The molecule has 0 aliphatic carbocycles. The van der Waals surface area contributed by atoms with E-state index < -0.39 is 18.1 Å². The van der Waals surface area contributed by atoms with Crippen LogP contribution in [0.2, 0.25) is 0 Å². The number of carbonyl (C=O) groups excluding carboxylic acids is 1. The first kappa shape index (κ1) is 28.1. The third-order valence-corrected chi connectivity index (χ3v) is 7.26. The summed E-state index contributed by atoms with van der Waals surface area (Å²) in [7, 11) is 1.83. The van der Waals surface area contributed by atoms with E-state index in [4.69, 9.17) is 9.47 Å². The molecule has 1 aromatic heterocycles. The Labute approximate surface area is 237 Å². The van der Waals surface area contributed by atoms with Gasteiger partial charge in [0.1, 0.15) is 5.82 Å². The van der Waals surface area contributed by atoms with E-state index in [9.17, 15) is 19.1 Å². The number of aromatic nitrogens is 2. The average molecular weight is 558 g/mol. The van der Waals surface area contributed by atoms with Crippen LogP contribution in [0.4, 0.5) is 4.39 Å². The molecule has 5 rings (SSSR count). The fourth-order valence-electron chi connectivity index (χ4n) is 4.94. The maximum Gasteiger partial charge on any atom is 0.286 e. The van der Waals surface area contributed by atoms with Crippen molar-refractivity contribution in [3.8, 4) is 5.69 Å². The molecular formula is C32H32FN3O5. The first-order chi connectivity index (χ1) is 19.8. The predicted octanol–water partition coefficient (Wildman–Crippen LogP) is 4.36. The quantitative estimate of drug-likeness (QED) is 0.319. The maximum absolute atomic E-state index is 13.8. The second kappa shape index (κ2) is 12.4. The van der Waals surface area contributed by atoms with E-state index in [2.05, 4.69) is 5.32 Å². The summed E-state index contributed by atoms with van der Waals surface area (Å²) >= 11 is 0. The minimum Gasteiger partial charge on any atom is -0.459 e. The zero-order valence-electron chi connectivity index (χ0n) is 22.9. The Balaban J connectivity index is 1.42. The second-order valence-corrected chi connectivity index (χ2v) is 9.99. The van der Waals surface area contributed by atoms with Crippen molar-refractivity contribution in [1.82, 2.24) is 14.7 Å². The third-order valence-electron chi connectivity index (χ3n) is 7.26. The van der Waals surface area contributed by atoms with Crippen LogP contribution in [-0.2, 0) is 41.1 Å². The van der Waals surface area contributed by atoms with Crippen molar-refractivity contribution in [1.29, 1.82) is 0 Å². The topological polar surface area (TPSA) is 94.7 Å². The van der Waals surface area contributed by atoms with Gasteiger partial charge in [0.05, 0.1) is 18.9 Å². The van der Waals surface area contributed by atoms with Crippen molar-refractivity contribution < 1.29 is 23.8 Å². The second-order valence-electron chi connectivity index (χ2n) is 9.99. The largest absolute Gasteiger partial charge is 0.459 e. The molecule has 41 heavy (non-hydrogen) atoms. The summed E-state index contributed by atoms with van der Waals surface area (Å²) in [5, 5.41) is 12.1. The molecule has 8 nitrogen and oxygen atoms in total. The Hall–Kier alpha value is -4.47. The van der Waals surface area contributed by atoms with Gasteiger partial charge >= 0.3 is 0 Å². The number of allylic oxidation sites excluding steroid dienone is 1. The van der Waals surface area contributed by atoms with Crippen LogP contribution >= 0.6 is 0 Å². The lowest BCUT2D eigenvalue weighted by Crippen LogP contribution is -2.33. The zero-order chi connectivity index (χ0) is 28.9. The van der Waals surface area contributed by atoms with Crippen LogP contribution < -0.4 is 10.9 Å². The van der Waals surface area contributed by atoms with Crippen LogP contribution in [0.25, 0.3) is 5.69 Å². The van der Waals surface area contributed by atoms with Crippen molar-refractivity contribution >= 4 is 5.91 Å². The van der Waals surface area contributed by atoms with Crippen LogP contribution in [0.15, 0.2) is 95.5 Å². The zero-order valence-corrected chi connectivity index (χ0v) is 22.9. The van der Waals surface area contributed by atoms with Crippen LogP contribution in [0.5, 0.6) is 0 Å². The number of hydrogen-bond acceptors (Lipinski definition) is 5. The predicted molar refractivity (Wildman–Crippen MR) is 151 cm³/mol. The third kappa shape index (κ3) is 6.32. The van der Waals surface area contributed by atoms with E-state index in [0.717, 1.165) is 28.1 Å². The number of benzene rings is 3. The number of halogens is 1. The molecule has 2 heterocycles. The summed E-state index contributed by atoms with van der Waals surface area (Å²) in [6.07, 6.45) is 1.21. The lowest BCUT2D eigenvalue weighted by molar-refractivity contribution is -0.150. The number of para-hydroxylation sites is 1. The fourth-order valence-corrected chi connectivity index (χ4v) is 4.94. The summed E-state index contributed by atoms with van der Waals surface area (Å²) in [6, 6.07) is 22.6. The molecule has 2 atom stereocenters. The van der Waals surface area contributed by atoms with Crippen LogP contribution in [0.3, 0.4) is 0 Å². The number of amides is 1. The molecule has 0 unspecified atom stereocenters. The van der Waals surface area contributed by atoms with Gasteiger partial charge in [0.2, 0.25) is 6.29 Å². The standard InChI is InChI=1S/C32H32FN3O5/c1-21-30(32(39)36(35(21)2)27-6-4-3-5-7-27)25-16-28(31(38)34-18-22-12-14-26(33)15-13-22)41-29(17-25)40-20-24-10-8-23(19-37)9-11-24/h3-16,25,29,37H,17-20H2,1-2H3,(H,34,38)/t25-,29+/m0/s1. The number of ether oxygens (including phenoxy) is 2. The van der Waals surface area contributed by atoms with Crippen molar-refractivity contribution in [2.45, 2.75) is 45.3 Å². The number of aliphatic hydroxyl groups excluding tert-OH is 1. The van der Waals surface area contributed by atoms with Gasteiger partial charge < -0.3 is 19.9 Å². The number of nitrogens with one attached hydrogen (secondary N) is 1. The monoisotopic (exact) mass is 557 g/mol. The van der Waals surface area contributed by atoms with Crippen molar-refractivity contribution in [2.75, 3.05) is 0 Å². The first-order valence-corrected chi connectivity index (χ1v) is 13.4. The highest BCUT2D eigenvalue weighted by Gasteiger charge is 2.33. The van der Waals surface area contributed by atoms with Gasteiger partial charge in [-0.15, -0.1) is 0 Å². The van der Waals surface area contributed by atoms with Gasteiger partial charge in [0, 0.05) is 37.2 Å². The molecule has 0 spiro atoms. The molecule has 3 aromatic carbocycles. The summed E-state index contributed by atoms with van der Waals surface area (Å²) in [6.45, 7) is 2.23. The number of nitrogens with zero attached hydrogens (tertiary/aromatic N) is 2. The molecule has 1 aliphatic heterocycles. The summed E-state index contributed by atoms with van der Waals surface area (Å²) in [5.41, 5.74) is 4.29. The van der Waals surface area contributed by atoms with Gasteiger partial charge in [-0.25, -0.2) is 9.07 Å². The van der Waals surface area contributed by atoms with Crippen molar-refractivity contribution in [3.05, 3.63) is 135 Å². The molecule has 1 amide bonds. The van der Waals surface area contributed by atoms with E-state index in [1.807, 2.05) is 73.3 Å². The minimum absolute atomic E-state index is 0.0489. The number of aliphatic hydroxyl groups is 1. The highest BCUT2D eigenvalue weighted by atomic mass is 19.1. The molecule has 0 radical (unpaired) electrons. The van der Waals surface area contributed by atoms with E-state index in [1.165, 1.54) is 12.1 Å². The Kier molecular flexibility index (Phi) is 8.47. The smallest absolute Gasteiger partial charge is 0.286 e. The Bertz CT molecular complexity index is 1590. The Morgan fingerprint density at radius 3 is 2.37 bits per heavy atom. The summed E-state index contributed by atoms with van der Waals surface area (Å²) < 4.78 is 28.8. The highest BCUT2D eigenvalue weighted by molar-refractivity contribution is 5.91. The number of hydrogen-bond donors (Lipinski definition) is 2. The number of rotatable bonds is 9. The van der Waals surface area contributed by atoms with Gasteiger partial charge in [0.25, 0.3) is 11.5 Å². The fraction of sp³-hybridized carbons (Fsp3) is 0.250. The van der Waals surface area contributed by atoms with Gasteiger partial charge in [-0.1, -0.05) is 54.6 Å². The molecule has 0 saturated carbocycles. The summed E-state index contributed by atoms with van der Waals surface area (Å²) in [5.74, 6) is -1.21. The number of carbonyl (C=O) groups is 1. The first-order valence-electron chi connectivity index (χ1n) is 13.4. The lowest BCUT2D eigenvalue weighted by Gasteiger charge is -2.29. The van der Waals surface area contributed by atoms with E-state index in [1.54, 1.807) is 22.9 Å². The molecule has 0 bridgehead atoms. The van der Waals surface area contributed by atoms with Crippen molar-refractivity contribution in [2.24, 2.45) is 7.05 Å². The normalized spacial score (nSPS) is 16.6. The van der Waals surface area contributed by atoms with Gasteiger partial charge in [-0.2, -0.15) is 0 Å². The highest BCUT2D eigenvalue weighted by Crippen LogP contribution is 2.32. The van der Waals surface area contributed by atoms with E-state index >= 15 is 0 Å². The molecule has 1 aliphatic rings. The van der Waals surface area contributed by atoms with Crippen LogP contribution in [-0.4, -0.2) is 26.7 Å². The van der Waals surface area contributed by atoms with Crippen LogP contribution in [0, 0.1) is 12.7 Å². The minimum atomic E-state index is -0.793. The summed E-state index contributed by atoms with van der Waals surface area (Å²) in [4.78, 5) is 27.0. The van der Waals surface area contributed by atoms with Crippen molar-refractivity contribution in [3.63, 3.8) is 0 Å². The lowest BCUT2D eigenvalue weighted by atomic mass is 9.93. The van der Waals surface area contributed by atoms with E-state index in [0.29, 0.717) is 12.0 Å². The molecule has 0 saturated heterocycles.